The first-order chi connectivity index (χ1) is 9.97. The van der Waals surface area contributed by atoms with Gasteiger partial charge in [0.1, 0.15) is 5.75 Å². The number of nitrogens with zero attached hydrogens (tertiary/aromatic N) is 1. The van der Waals surface area contributed by atoms with E-state index in [2.05, 4.69) is 19.2 Å². The minimum atomic E-state index is -0.00935. The van der Waals surface area contributed by atoms with E-state index in [0.717, 1.165) is 11.3 Å². The zero-order chi connectivity index (χ0) is 15.8. The Kier molecular flexibility index (Phi) is 7.19. The molecule has 0 saturated carbocycles. The average Bonchev–Trinajstić information content (AvgIpc) is 2.46. The number of nitrogens with one attached hydrogen (secondary N) is 1. The molecule has 5 heteroatoms. The molecule has 0 heterocycles. The summed E-state index contributed by atoms with van der Waals surface area (Å²) in [6.07, 6.45) is 0. The Balaban J connectivity index is 2.68. The summed E-state index contributed by atoms with van der Waals surface area (Å²) in [5, 5.41) is 2.92. The van der Waals surface area contributed by atoms with Crippen LogP contribution in [0.4, 0.5) is 0 Å². The Hall–Kier alpha value is -1.59. The lowest BCUT2D eigenvalue weighted by Crippen LogP contribution is -2.40. The minimum Gasteiger partial charge on any atom is -0.497 e. The molecule has 5 nitrogen and oxygen atoms in total. The van der Waals surface area contributed by atoms with Crippen LogP contribution in [-0.4, -0.2) is 44.6 Å². The molecule has 1 aromatic carbocycles. The summed E-state index contributed by atoms with van der Waals surface area (Å²) in [5.74, 6) is 1.26. The van der Waals surface area contributed by atoms with Crippen molar-refractivity contribution in [2.24, 2.45) is 11.7 Å². The predicted molar refractivity (Wildman–Crippen MR) is 85.3 cm³/mol. The number of nitrogens with two attached hydrogens (primary N) is 1. The lowest BCUT2D eigenvalue weighted by atomic mass is 10.1. The van der Waals surface area contributed by atoms with Crippen LogP contribution >= 0.6 is 0 Å². The number of benzene rings is 1. The molecule has 0 aliphatic heterocycles. The molecule has 0 aliphatic rings. The van der Waals surface area contributed by atoms with Crippen molar-refractivity contribution in [2.75, 3.05) is 33.8 Å². The predicted octanol–water partition coefficient (Wildman–Crippen LogP) is 1.40. The van der Waals surface area contributed by atoms with E-state index in [1.807, 2.05) is 36.2 Å². The lowest BCUT2D eigenvalue weighted by Gasteiger charge is -2.27. The molecule has 118 valence electrons. The third-order valence-corrected chi connectivity index (χ3v) is 3.33. The largest absolute Gasteiger partial charge is 0.497 e. The van der Waals surface area contributed by atoms with E-state index >= 15 is 0 Å². The number of methoxy groups -OCH3 is 1. The van der Waals surface area contributed by atoms with Gasteiger partial charge in [-0.25, -0.2) is 0 Å². The van der Waals surface area contributed by atoms with E-state index in [-0.39, 0.29) is 11.9 Å². The van der Waals surface area contributed by atoms with E-state index in [9.17, 15) is 4.79 Å². The molecule has 0 spiro atoms. The second-order valence-corrected chi connectivity index (χ2v) is 5.64. The van der Waals surface area contributed by atoms with Crippen molar-refractivity contribution in [1.82, 2.24) is 10.2 Å². The molecule has 21 heavy (non-hydrogen) atoms. The summed E-state index contributed by atoms with van der Waals surface area (Å²) in [4.78, 5) is 13.9. The van der Waals surface area contributed by atoms with Crippen LogP contribution in [0.5, 0.6) is 5.75 Å². The maximum atomic E-state index is 11.9. The number of rotatable bonds is 8. The topological polar surface area (TPSA) is 67.6 Å². The number of likely N-dealkylation sites (N-methyl/N-ethyl adjacent to an activating group) is 1. The van der Waals surface area contributed by atoms with Crippen LogP contribution in [-0.2, 0) is 4.79 Å². The van der Waals surface area contributed by atoms with Gasteiger partial charge in [-0.05, 0) is 30.7 Å². The maximum Gasteiger partial charge on any atom is 0.234 e. The highest BCUT2D eigenvalue weighted by atomic mass is 16.5. The van der Waals surface area contributed by atoms with Crippen LogP contribution in [0.2, 0.25) is 0 Å². The van der Waals surface area contributed by atoms with Crippen LogP contribution < -0.4 is 15.8 Å². The summed E-state index contributed by atoms with van der Waals surface area (Å²) in [7, 11) is 3.55. The molecule has 0 fully saturated rings. The first-order valence-electron chi connectivity index (χ1n) is 7.28. The molecule has 1 atom stereocenters. The fourth-order valence-electron chi connectivity index (χ4n) is 2.13. The molecule has 1 aromatic rings. The maximum absolute atomic E-state index is 11.9. The van der Waals surface area contributed by atoms with Gasteiger partial charge in [-0.3, -0.25) is 9.69 Å². The van der Waals surface area contributed by atoms with Crippen LogP contribution in [0.25, 0.3) is 0 Å². The van der Waals surface area contributed by atoms with Gasteiger partial charge in [0.2, 0.25) is 5.91 Å². The van der Waals surface area contributed by atoms with E-state index in [1.165, 1.54) is 0 Å². The van der Waals surface area contributed by atoms with Gasteiger partial charge in [-0.1, -0.05) is 26.0 Å². The first-order valence-corrected chi connectivity index (χ1v) is 7.28. The monoisotopic (exact) mass is 293 g/mol. The van der Waals surface area contributed by atoms with Crippen molar-refractivity contribution in [3.8, 4) is 5.75 Å². The third kappa shape index (κ3) is 5.73. The molecule has 0 aromatic heterocycles. The highest BCUT2D eigenvalue weighted by molar-refractivity contribution is 5.78. The van der Waals surface area contributed by atoms with Crippen molar-refractivity contribution in [1.29, 1.82) is 0 Å². The second kappa shape index (κ2) is 8.64. The summed E-state index contributed by atoms with van der Waals surface area (Å²) >= 11 is 0. The van der Waals surface area contributed by atoms with Gasteiger partial charge in [0.15, 0.2) is 0 Å². The molecule has 1 amide bonds. The van der Waals surface area contributed by atoms with Crippen LogP contribution in [0.1, 0.15) is 25.5 Å². The van der Waals surface area contributed by atoms with Gasteiger partial charge in [-0.15, -0.1) is 0 Å². The van der Waals surface area contributed by atoms with Crippen LogP contribution in [0.15, 0.2) is 24.3 Å². The van der Waals surface area contributed by atoms with Crippen molar-refractivity contribution in [2.45, 2.75) is 19.9 Å². The zero-order valence-corrected chi connectivity index (χ0v) is 13.4. The minimum absolute atomic E-state index is 0.00935. The Morgan fingerprint density at radius 2 is 2.14 bits per heavy atom. The lowest BCUT2D eigenvalue weighted by molar-refractivity contribution is -0.122. The Morgan fingerprint density at radius 1 is 1.43 bits per heavy atom. The summed E-state index contributed by atoms with van der Waals surface area (Å²) in [6.45, 7) is 5.61. The number of hydrogen-bond donors (Lipinski definition) is 2. The van der Waals surface area contributed by atoms with Crippen LogP contribution in [0.3, 0.4) is 0 Å². The smallest absolute Gasteiger partial charge is 0.234 e. The van der Waals surface area contributed by atoms with Crippen LogP contribution in [0, 0.1) is 5.92 Å². The second-order valence-electron chi connectivity index (χ2n) is 5.64. The van der Waals surface area contributed by atoms with Gasteiger partial charge in [0.05, 0.1) is 13.7 Å². The average molecular weight is 293 g/mol. The number of hydrogen-bond acceptors (Lipinski definition) is 4. The van der Waals surface area contributed by atoms with Gasteiger partial charge in [0.25, 0.3) is 0 Å². The normalized spacial score (nSPS) is 12.5. The fraction of sp³-hybridized carbons (Fsp3) is 0.562. The molecule has 0 bridgehead atoms. The molecular formula is C16H27N3O2. The molecule has 0 aliphatic carbocycles. The Morgan fingerprint density at radius 3 is 2.71 bits per heavy atom. The summed E-state index contributed by atoms with van der Waals surface area (Å²) in [5.41, 5.74) is 6.93. The van der Waals surface area contributed by atoms with Crippen molar-refractivity contribution < 1.29 is 9.53 Å². The number of carbonyl (C=O) groups is 1. The van der Waals surface area contributed by atoms with Crippen molar-refractivity contribution in [3.05, 3.63) is 29.8 Å². The molecule has 1 rings (SSSR count). The Labute approximate surface area is 127 Å². The molecule has 3 N–H and O–H groups in total. The van der Waals surface area contributed by atoms with Gasteiger partial charge >= 0.3 is 0 Å². The number of carbonyl (C=O) groups excluding carboxylic acids is 1. The van der Waals surface area contributed by atoms with Gasteiger partial charge < -0.3 is 15.8 Å². The molecule has 1 unspecified atom stereocenters. The SMILES string of the molecule is COc1cccc(C(CN)N(C)CC(=O)NCC(C)C)c1. The quantitative estimate of drug-likeness (QED) is 0.760. The van der Waals surface area contributed by atoms with E-state index in [1.54, 1.807) is 7.11 Å². The van der Waals surface area contributed by atoms with Crippen molar-refractivity contribution in [3.63, 3.8) is 0 Å². The molecule has 0 saturated heterocycles. The number of amides is 1. The molecular weight excluding hydrogens is 266 g/mol. The highest BCUT2D eigenvalue weighted by Gasteiger charge is 2.18. The van der Waals surface area contributed by atoms with E-state index < -0.39 is 0 Å². The summed E-state index contributed by atoms with van der Waals surface area (Å²) < 4.78 is 5.24. The van der Waals surface area contributed by atoms with Gasteiger partial charge in [-0.2, -0.15) is 0 Å². The fourth-order valence-corrected chi connectivity index (χ4v) is 2.13. The first kappa shape index (κ1) is 17.5. The van der Waals surface area contributed by atoms with Crippen molar-refractivity contribution >= 4 is 5.91 Å². The number of ether oxygens (including phenoxy) is 1. The third-order valence-electron chi connectivity index (χ3n) is 3.33. The summed E-state index contributed by atoms with van der Waals surface area (Å²) in [6, 6.07) is 7.78. The van der Waals surface area contributed by atoms with E-state index in [0.29, 0.717) is 25.6 Å². The van der Waals surface area contributed by atoms with E-state index in [4.69, 9.17) is 10.5 Å². The molecule has 0 radical (unpaired) electrons. The Bertz CT molecular complexity index is 449. The zero-order valence-electron chi connectivity index (χ0n) is 13.4. The standard InChI is InChI=1S/C16H27N3O2/c1-12(2)10-18-16(20)11-19(3)15(9-17)13-6-5-7-14(8-13)21-4/h5-8,12,15H,9-11,17H2,1-4H3,(H,18,20). The highest BCUT2D eigenvalue weighted by Crippen LogP contribution is 2.22. The van der Waals surface area contributed by atoms with Gasteiger partial charge in [0, 0.05) is 19.1 Å².